The Kier molecular flexibility index (Phi) is 2.88. The van der Waals surface area contributed by atoms with Crippen LogP contribution in [0.5, 0.6) is 0 Å². The SMILES string of the molecule is N#Cc1c(C(F)(F)F)cc(Cl)nc1Cl. The molecule has 1 aromatic heterocycles. The maximum atomic E-state index is 12.3. The Morgan fingerprint density at radius 3 is 2.36 bits per heavy atom. The summed E-state index contributed by atoms with van der Waals surface area (Å²) in [5, 5.41) is 7.49. The molecule has 1 heterocycles. The molecule has 0 aromatic carbocycles. The van der Waals surface area contributed by atoms with Gasteiger partial charge in [-0.1, -0.05) is 23.2 Å². The van der Waals surface area contributed by atoms with Crippen LogP contribution < -0.4 is 0 Å². The summed E-state index contributed by atoms with van der Waals surface area (Å²) in [6.07, 6.45) is -4.67. The Morgan fingerprint density at radius 1 is 1.36 bits per heavy atom. The lowest BCUT2D eigenvalue weighted by atomic mass is 10.1. The van der Waals surface area contributed by atoms with Gasteiger partial charge in [0.25, 0.3) is 0 Å². The second-order valence-electron chi connectivity index (χ2n) is 2.27. The molecular weight excluding hydrogens is 240 g/mol. The predicted octanol–water partition coefficient (Wildman–Crippen LogP) is 3.28. The zero-order chi connectivity index (χ0) is 10.9. The largest absolute Gasteiger partial charge is 0.417 e. The van der Waals surface area contributed by atoms with Crippen LogP contribution in [-0.2, 0) is 6.18 Å². The van der Waals surface area contributed by atoms with Crippen molar-refractivity contribution < 1.29 is 13.2 Å². The molecule has 0 unspecified atom stereocenters. The molecule has 2 nitrogen and oxygen atoms in total. The molecule has 7 heteroatoms. The Bertz CT molecular complexity index is 409. The monoisotopic (exact) mass is 240 g/mol. The van der Waals surface area contributed by atoms with Crippen LogP contribution in [0.2, 0.25) is 10.3 Å². The van der Waals surface area contributed by atoms with E-state index in [1.807, 2.05) is 0 Å². The number of nitriles is 1. The molecule has 74 valence electrons. The van der Waals surface area contributed by atoms with Crippen LogP contribution in [0.1, 0.15) is 11.1 Å². The van der Waals surface area contributed by atoms with Crippen LogP contribution in [0.15, 0.2) is 6.07 Å². The van der Waals surface area contributed by atoms with E-state index in [1.165, 1.54) is 6.07 Å². The second kappa shape index (κ2) is 3.64. The van der Waals surface area contributed by atoms with E-state index in [4.69, 9.17) is 28.5 Å². The standard InChI is InChI=1S/C7HCl2F3N2/c8-5-1-4(7(10,11)12)3(2-13)6(9)14-5/h1H. The molecule has 0 spiro atoms. The van der Waals surface area contributed by atoms with E-state index in [9.17, 15) is 13.2 Å². The first-order valence-electron chi connectivity index (χ1n) is 3.19. The van der Waals surface area contributed by atoms with Gasteiger partial charge in [0, 0.05) is 0 Å². The van der Waals surface area contributed by atoms with Gasteiger partial charge in [-0.25, -0.2) is 4.98 Å². The Morgan fingerprint density at radius 2 is 1.93 bits per heavy atom. The zero-order valence-electron chi connectivity index (χ0n) is 6.36. The minimum absolute atomic E-state index is 0.402. The van der Waals surface area contributed by atoms with Gasteiger partial charge in [0.05, 0.1) is 5.56 Å². The summed E-state index contributed by atoms with van der Waals surface area (Å²) in [6.45, 7) is 0. The summed E-state index contributed by atoms with van der Waals surface area (Å²) in [5.74, 6) is 0. The lowest BCUT2D eigenvalue weighted by Crippen LogP contribution is -2.09. The van der Waals surface area contributed by atoms with E-state index in [-0.39, 0.29) is 0 Å². The first-order valence-corrected chi connectivity index (χ1v) is 3.95. The van der Waals surface area contributed by atoms with Crippen molar-refractivity contribution in [1.82, 2.24) is 4.98 Å². The summed E-state index contributed by atoms with van der Waals surface area (Å²) in [7, 11) is 0. The molecule has 0 saturated heterocycles. The van der Waals surface area contributed by atoms with Crippen molar-refractivity contribution in [3.63, 3.8) is 0 Å². The highest BCUT2D eigenvalue weighted by atomic mass is 35.5. The third-order valence-corrected chi connectivity index (χ3v) is 1.83. The van der Waals surface area contributed by atoms with Crippen LogP contribution in [0.4, 0.5) is 13.2 Å². The molecule has 0 fully saturated rings. The van der Waals surface area contributed by atoms with Gasteiger partial charge in [-0.05, 0) is 6.07 Å². The van der Waals surface area contributed by atoms with E-state index in [2.05, 4.69) is 4.98 Å². The lowest BCUT2D eigenvalue weighted by molar-refractivity contribution is -0.137. The van der Waals surface area contributed by atoms with Gasteiger partial charge < -0.3 is 0 Å². The fourth-order valence-corrected chi connectivity index (χ4v) is 1.29. The highest BCUT2D eigenvalue weighted by molar-refractivity contribution is 6.33. The van der Waals surface area contributed by atoms with Crippen molar-refractivity contribution in [3.05, 3.63) is 27.5 Å². The average Bonchev–Trinajstić information content (AvgIpc) is 2.01. The van der Waals surface area contributed by atoms with E-state index >= 15 is 0 Å². The van der Waals surface area contributed by atoms with E-state index in [0.29, 0.717) is 6.07 Å². The van der Waals surface area contributed by atoms with Gasteiger partial charge in [-0.15, -0.1) is 0 Å². The first kappa shape index (κ1) is 11.1. The number of pyridine rings is 1. The molecule has 1 rings (SSSR count). The van der Waals surface area contributed by atoms with Crippen LogP contribution in [0.3, 0.4) is 0 Å². The topological polar surface area (TPSA) is 36.7 Å². The van der Waals surface area contributed by atoms with Crippen molar-refractivity contribution in [3.8, 4) is 6.07 Å². The van der Waals surface area contributed by atoms with E-state index in [1.54, 1.807) is 0 Å². The van der Waals surface area contributed by atoms with Gasteiger partial charge in [0.15, 0.2) is 0 Å². The average molecular weight is 241 g/mol. The predicted molar refractivity (Wildman–Crippen MR) is 44.0 cm³/mol. The fourth-order valence-electron chi connectivity index (χ4n) is 0.814. The fraction of sp³-hybridized carbons (Fsp3) is 0.143. The van der Waals surface area contributed by atoms with Crippen LogP contribution in [0.25, 0.3) is 0 Å². The van der Waals surface area contributed by atoms with Gasteiger partial charge >= 0.3 is 6.18 Å². The number of alkyl halides is 3. The van der Waals surface area contributed by atoms with Gasteiger partial charge in [-0.3, -0.25) is 0 Å². The molecule has 14 heavy (non-hydrogen) atoms. The number of aromatic nitrogens is 1. The maximum Gasteiger partial charge on any atom is 0.417 e. The summed E-state index contributed by atoms with van der Waals surface area (Å²) >= 11 is 10.6. The minimum Gasteiger partial charge on any atom is -0.223 e. The van der Waals surface area contributed by atoms with E-state index < -0.39 is 27.6 Å². The molecule has 0 amide bonds. The third-order valence-electron chi connectivity index (χ3n) is 1.36. The second-order valence-corrected chi connectivity index (χ2v) is 3.01. The molecule has 0 atom stereocenters. The molecular formula is C7HCl2F3N2. The highest BCUT2D eigenvalue weighted by Gasteiger charge is 2.35. The van der Waals surface area contributed by atoms with Crippen LogP contribution in [-0.4, -0.2) is 4.98 Å². The third kappa shape index (κ3) is 2.08. The number of halogens is 5. The normalized spacial score (nSPS) is 11.1. The summed E-state index contributed by atoms with van der Waals surface area (Å²) < 4.78 is 36.9. The Hall–Kier alpha value is -0.990. The molecule has 0 aliphatic heterocycles. The molecule has 0 N–H and O–H groups in total. The van der Waals surface area contributed by atoms with Gasteiger partial charge in [0.1, 0.15) is 21.9 Å². The number of hydrogen-bond acceptors (Lipinski definition) is 2. The molecule has 0 bridgehead atoms. The van der Waals surface area contributed by atoms with Crippen LogP contribution in [0, 0.1) is 11.3 Å². The molecule has 0 aliphatic rings. The number of hydrogen-bond donors (Lipinski definition) is 0. The van der Waals surface area contributed by atoms with Crippen molar-refractivity contribution in [1.29, 1.82) is 5.26 Å². The Balaban J connectivity index is 3.50. The van der Waals surface area contributed by atoms with Crippen molar-refractivity contribution in [2.45, 2.75) is 6.18 Å². The number of rotatable bonds is 0. The molecule has 1 aromatic rings. The summed E-state index contributed by atoms with van der Waals surface area (Å²) in [4.78, 5) is 3.33. The molecule has 0 saturated carbocycles. The lowest BCUT2D eigenvalue weighted by Gasteiger charge is -2.09. The molecule has 0 radical (unpaired) electrons. The molecule has 0 aliphatic carbocycles. The Labute approximate surface area is 86.9 Å². The smallest absolute Gasteiger partial charge is 0.223 e. The van der Waals surface area contributed by atoms with Crippen molar-refractivity contribution >= 4 is 23.2 Å². The van der Waals surface area contributed by atoms with Gasteiger partial charge in [-0.2, -0.15) is 18.4 Å². The number of nitrogens with zero attached hydrogens (tertiary/aromatic N) is 2. The maximum absolute atomic E-state index is 12.3. The van der Waals surface area contributed by atoms with E-state index in [0.717, 1.165) is 0 Å². The zero-order valence-corrected chi connectivity index (χ0v) is 7.87. The highest BCUT2D eigenvalue weighted by Crippen LogP contribution is 2.35. The van der Waals surface area contributed by atoms with Crippen LogP contribution >= 0.6 is 23.2 Å². The van der Waals surface area contributed by atoms with Crippen molar-refractivity contribution in [2.24, 2.45) is 0 Å². The summed E-state index contributed by atoms with van der Waals surface area (Å²) in [6, 6.07) is 1.89. The minimum atomic E-state index is -4.67. The summed E-state index contributed by atoms with van der Waals surface area (Å²) in [5.41, 5.74) is -1.89. The first-order chi connectivity index (χ1) is 6.36. The van der Waals surface area contributed by atoms with Crippen molar-refractivity contribution in [2.75, 3.05) is 0 Å². The van der Waals surface area contributed by atoms with Gasteiger partial charge in [0.2, 0.25) is 0 Å². The quantitative estimate of drug-likeness (QED) is 0.653.